The Balaban J connectivity index is 1.31. The van der Waals surface area contributed by atoms with E-state index in [-0.39, 0.29) is 0 Å². The summed E-state index contributed by atoms with van der Waals surface area (Å²) in [7, 11) is 0. The summed E-state index contributed by atoms with van der Waals surface area (Å²) >= 11 is 0. The number of hydrogen-bond acceptors (Lipinski definition) is 5. The van der Waals surface area contributed by atoms with Crippen molar-refractivity contribution in [3.05, 3.63) is 0 Å². The van der Waals surface area contributed by atoms with Gasteiger partial charge in [-0.1, -0.05) is 0 Å². The molecule has 4 rings (SSSR count). The molecule has 0 aromatic rings. The summed E-state index contributed by atoms with van der Waals surface area (Å²) in [6.07, 6.45) is 5.62. The van der Waals surface area contributed by atoms with Crippen LogP contribution in [-0.4, -0.2) is 98.8 Å². The highest BCUT2D eigenvalue weighted by atomic mass is 15.3. The van der Waals surface area contributed by atoms with Crippen molar-refractivity contribution < 1.29 is 0 Å². The van der Waals surface area contributed by atoms with Crippen molar-refractivity contribution in [3.8, 4) is 0 Å². The SMILES string of the molecule is C1CCN(C2CCN(CC3CCNCC3N3CCNCC3)C2)C1. The highest BCUT2D eigenvalue weighted by molar-refractivity contribution is 4.92. The Morgan fingerprint density at radius 2 is 1.61 bits per heavy atom. The normalized spacial score (nSPS) is 38.3. The molecule has 0 spiro atoms. The Kier molecular flexibility index (Phi) is 5.51. The standard InChI is InChI=1S/C18H35N5/c1-2-9-22(8-1)17-4-10-21(15-17)14-16-3-5-20-13-18(16)23-11-6-19-7-12-23/h16-20H,1-15H2. The fourth-order valence-electron chi connectivity index (χ4n) is 5.26. The van der Waals surface area contributed by atoms with Gasteiger partial charge < -0.3 is 15.5 Å². The summed E-state index contributed by atoms with van der Waals surface area (Å²) in [5.41, 5.74) is 0. The average molecular weight is 322 g/mol. The summed E-state index contributed by atoms with van der Waals surface area (Å²) in [5.74, 6) is 0.867. The lowest BCUT2D eigenvalue weighted by Gasteiger charge is -2.43. The lowest BCUT2D eigenvalue weighted by Crippen LogP contribution is -2.58. The van der Waals surface area contributed by atoms with Crippen LogP contribution in [0, 0.1) is 5.92 Å². The molecule has 0 radical (unpaired) electrons. The maximum absolute atomic E-state index is 3.65. The van der Waals surface area contributed by atoms with E-state index in [1.807, 2.05) is 0 Å². The predicted molar refractivity (Wildman–Crippen MR) is 94.9 cm³/mol. The lowest BCUT2D eigenvalue weighted by molar-refractivity contribution is 0.0798. The number of rotatable bonds is 4. The smallest absolute Gasteiger partial charge is 0.0262 e. The van der Waals surface area contributed by atoms with Crippen LogP contribution in [0.4, 0.5) is 0 Å². The molecule has 4 fully saturated rings. The molecule has 0 amide bonds. The molecule has 0 aromatic heterocycles. The Morgan fingerprint density at radius 1 is 0.783 bits per heavy atom. The van der Waals surface area contributed by atoms with Crippen molar-refractivity contribution in [2.45, 2.75) is 37.8 Å². The minimum absolute atomic E-state index is 0.761. The number of hydrogen-bond donors (Lipinski definition) is 2. The van der Waals surface area contributed by atoms with Crippen LogP contribution in [0.5, 0.6) is 0 Å². The van der Waals surface area contributed by atoms with Crippen LogP contribution in [0.25, 0.3) is 0 Å². The van der Waals surface area contributed by atoms with E-state index in [0.29, 0.717) is 0 Å². The Hall–Kier alpha value is -0.200. The summed E-state index contributed by atoms with van der Waals surface area (Å²) in [6, 6.07) is 1.62. The molecule has 4 heterocycles. The zero-order valence-corrected chi connectivity index (χ0v) is 14.7. The first-order valence-corrected chi connectivity index (χ1v) is 10.0. The molecule has 0 saturated carbocycles. The van der Waals surface area contributed by atoms with Gasteiger partial charge in [0.25, 0.3) is 0 Å². The molecular weight excluding hydrogens is 286 g/mol. The number of piperidine rings is 1. The molecule has 2 N–H and O–H groups in total. The molecule has 4 aliphatic heterocycles. The summed E-state index contributed by atoms with van der Waals surface area (Å²) in [6.45, 7) is 13.9. The second-order valence-corrected chi connectivity index (χ2v) is 8.05. The third-order valence-corrected chi connectivity index (χ3v) is 6.61. The van der Waals surface area contributed by atoms with Crippen molar-refractivity contribution in [3.63, 3.8) is 0 Å². The van der Waals surface area contributed by atoms with Crippen molar-refractivity contribution in [1.29, 1.82) is 0 Å². The van der Waals surface area contributed by atoms with E-state index in [2.05, 4.69) is 25.3 Å². The molecule has 5 nitrogen and oxygen atoms in total. The molecule has 0 aromatic carbocycles. The predicted octanol–water partition coefficient (Wildman–Crippen LogP) is 0.0398. The minimum Gasteiger partial charge on any atom is -0.315 e. The molecule has 0 bridgehead atoms. The van der Waals surface area contributed by atoms with E-state index in [0.717, 1.165) is 18.0 Å². The summed E-state index contributed by atoms with van der Waals surface area (Å²) < 4.78 is 0. The highest BCUT2D eigenvalue weighted by Crippen LogP contribution is 2.25. The van der Waals surface area contributed by atoms with Gasteiger partial charge in [0.2, 0.25) is 0 Å². The molecule has 132 valence electrons. The topological polar surface area (TPSA) is 33.8 Å². The van der Waals surface area contributed by atoms with Gasteiger partial charge in [-0.3, -0.25) is 9.80 Å². The van der Waals surface area contributed by atoms with Gasteiger partial charge in [-0.25, -0.2) is 0 Å². The van der Waals surface area contributed by atoms with Gasteiger partial charge >= 0.3 is 0 Å². The molecule has 5 heteroatoms. The summed E-state index contributed by atoms with van der Waals surface area (Å²) in [4.78, 5) is 8.30. The molecule has 3 atom stereocenters. The maximum atomic E-state index is 3.65. The highest BCUT2D eigenvalue weighted by Gasteiger charge is 2.35. The monoisotopic (exact) mass is 321 g/mol. The van der Waals surface area contributed by atoms with Crippen LogP contribution in [0.3, 0.4) is 0 Å². The van der Waals surface area contributed by atoms with Crippen LogP contribution in [0.15, 0.2) is 0 Å². The fraction of sp³-hybridized carbons (Fsp3) is 1.00. The first-order chi connectivity index (χ1) is 11.4. The Labute approximate surface area is 141 Å². The van der Waals surface area contributed by atoms with E-state index in [9.17, 15) is 0 Å². The van der Waals surface area contributed by atoms with Gasteiger partial charge in [0.1, 0.15) is 0 Å². The van der Waals surface area contributed by atoms with Gasteiger partial charge in [-0.2, -0.15) is 0 Å². The van der Waals surface area contributed by atoms with Gasteiger partial charge in [0, 0.05) is 57.9 Å². The first-order valence-electron chi connectivity index (χ1n) is 10.0. The van der Waals surface area contributed by atoms with Gasteiger partial charge in [-0.05, 0) is 57.8 Å². The molecule has 3 unspecified atom stereocenters. The third-order valence-electron chi connectivity index (χ3n) is 6.61. The zero-order chi connectivity index (χ0) is 15.5. The number of likely N-dealkylation sites (tertiary alicyclic amines) is 2. The molecule has 4 aliphatic rings. The van der Waals surface area contributed by atoms with E-state index in [4.69, 9.17) is 0 Å². The van der Waals surface area contributed by atoms with Crippen LogP contribution < -0.4 is 10.6 Å². The van der Waals surface area contributed by atoms with Gasteiger partial charge in [0.15, 0.2) is 0 Å². The second kappa shape index (κ2) is 7.79. The zero-order valence-electron chi connectivity index (χ0n) is 14.7. The van der Waals surface area contributed by atoms with Crippen molar-refractivity contribution in [2.24, 2.45) is 5.92 Å². The van der Waals surface area contributed by atoms with Crippen molar-refractivity contribution in [2.75, 3.05) is 72.0 Å². The van der Waals surface area contributed by atoms with Gasteiger partial charge in [-0.15, -0.1) is 0 Å². The van der Waals surface area contributed by atoms with E-state index < -0.39 is 0 Å². The first kappa shape index (κ1) is 16.3. The molecule has 0 aliphatic carbocycles. The molecular formula is C18H35N5. The largest absolute Gasteiger partial charge is 0.315 e. The fourth-order valence-corrected chi connectivity index (χ4v) is 5.26. The quantitative estimate of drug-likeness (QED) is 0.764. The summed E-state index contributed by atoms with van der Waals surface area (Å²) in [5, 5.41) is 7.15. The number of piperazine rings is 1. The minimum atomic E-state index is 0.761. The number of nitrogens with one attached hydrogen (secondary N) is 2. The lowest BCUT2D eigenvalue weighted by atomic mass is 9.90. The molecule has 4 saturated heterocycles. The van der Waals surface area contributed by atoms with Crippen LogP contribution in [0.2, 0.25) is 0 Å². The van der Waals surface area contributed by atoms with E-state index in [1.54, 1.807) is 0 Å². The van der Waals surface area contributed by atoms with Gasteiger partial charge in [0.05, 0.1) is 0 Å². The van der Waals surface area contributed by atoms with E-state index >= 15 is 0 Å². The Morgan fingerprint density at radius 3 is 2.43 bits per heavy atom. The van der Waals surface area contributed by atoms with Crippen LogP contribution in [0.1, 0.15) is 25.7 Å². The average Bonchev–Trinajstić information content (AvgIpc) is 3.27. The third kappa shape index (κ3) is 3.90. The maximum Gasteiger partial charge on any atom is 0.0262 e. The van der Waals surface area contributed by atoms with E-state index in [1.165, 1.54) is 97.7 Å². The van der Waals surface area contributed by atoms with Crippen LogP contribution >= 0.6 is 0 Å². The number of nitrogens with zero attached hydrogens (tertiary/aromatic N) is 3. The van der Waals surface area contributed by atoms with Crippen molar-refractivity contribution in [1.82, 2.24) is 25.3 Å². The second-order valence-electron chi connectivity index (χ2n) is 8.05. The Bertz CT molecular complexity index is 364. The van der Waals surface area contributed by atoms with Crippen molar-refractivity contribution >= 4 is 0 Å². The molecule has 23 heavy (non-hydrogen) atoms. The van der Waals surface area contributed by atoms with Crippen LogP contribution in [-0.2, 0) is 0 Å².